The van der Waals surface area contributed by atoms with Gasteiger partial charge in [0.1, 0.15) is 0 Å². The summed E-state index contributed by atoms with van der Waals surface area (Å²) in [6.45, 7) is 0. The van der Waals surface area contributed by atoms with Crippen molar-refractivity contribution in [3.05, 3.63) is 54.3 Å². The molecule has 19 heavy (non-hydrogen) atoms. The fourth-order valence-corrected chi connectivity index (χ4v) is 1.79. The Balaban J connectivity index is 2.01. The second-order valence-electron chi connectivity index (χ2n) is 3.79. The SMILES string of the molecule is COc1ccc(NC(=S)Nc2ccccc2)cc1F. The molecule has 5 heteroatoms. The number of rotatable bonds is 3. The fourth-order valence-electron chi connectivity index (χ4n) is 1.56. The Morgan fingerprint density at radius 2 is 1.74 bits per heavy atom. The highest BCUT2D eigenvalue weighted by molar-refractivity contribution is 7.80. The zero-order valence-corrected chi connectivity index (χ0v) is 11.1. The predicted molar refractivity (Wildman–Crippen MR) is 79.2 cm³/mol. The molecule has 0 bridgehead atoms. The third kappa shape index (κ3) is 3.66. The highest BCUT2D eigenvalue weighted by Crippen LogP contribution is 2.20. The molecule has 2 N–H and O–H groups in total. The number of methoxy groups -OCH3 is 1. The molecule has 0 spiro atoms. The first-order chi connectivity index (χ1) is 9.19. The number of para-hydroxylation sites is 1. The van der Waals surface area contributed by atoms with E-state index in [0.717, 1.165) is 5.69 Å². The van der Waals surface area contributed by atoms with Gasteiger partial charge in [0, 0.05) is 17.4 Å². The van der Waals surface area contributed by atoms with E-state index < -0.39 is 5.82 Å². The molecular formula is C14H13FN2OS. The lowest BCUT2D eigenvalue weighted by Gasteiger charge is -2.11. The van der Waals surface area contributed by atoms with Gasteiger partial charge in [0.2, 0.25) is 0 Å². The van der Waals surface area contributed by atoms with Crippen LogP contribution in [-0.2, 0) is 0 Å². The first-order valence-electron chi connectivity index (χ1n) is 5.65. The molecule has 0 aromatic heterocycles. The second kappa shape index (κ2) is 6.15. The molecule has 2 aromatic rings. The summed E-state index contributed by atoms with van der Waals surface area (Å²) in [6, 6.07) is 14.1. The quantitative estimate of drug-likeness (QED) is 0.839. The molecule has 3 nitrogen and oxygen atoms in total. The summed E-state index contributed by atoms with van der Waals surface area (Å²) in [7, 11) is 1.42. The molecule has 0 heterocycles. The maximum Gasteiger partial charge on any atom is 0.175 e. The lowest BCUT2D eigenvalue weighted by Crippen LogP contribution is -2.19. The van der Waals surface area contributed by atoms with Crippen LogP contribution in [0.1, 0.15) is 0 Å². The van der Waals surface area contributed by atoms with Crippen molar-refractivity contribution < 1.29 is 9.13 Å². The molecule has 0 atom stereocenters. The van der Waals surface area contributed by atoms with Crippen LogP contribution in [0.25, 0.3) is 0 Å². The van der Waals surface area contributed by atoms with E-state index in [4.69, 9.17) is 17.0 Å². The lowest BCUT2D eigenvalue weighted by atomic mass is 10.3. The van der Waals surface area contributed by atoms with E-state index in [0.29, 0.717) is 10.8 Å². The minimum Gasteiger partial charge on any atom is -0.494 e. The van der Waals surface area contributed by atoms with Gasteiger partial charge < -0.3 is 15.4 Å². The topological polar surface area (TPSA) is 33.3 Å². The molecule has 2 aromatic carbocycles. The van der Waals surface area contributed by atoms with Crippen LogP contribution in [0.15, 0.2) is 48.5 Å². The van der Waals surface area contributed by atoms with Crippen LogP contribution in [0, 0.1) is 5.82 Å². The minimum atomic E-state index is -0.435. The van der Waals surface area contributed by atoms with Crippen LogP contribution >= 0.6 is 12.2 Å². The second-order valence-corrected chi connectivity index (χ2v) is 4.20. The number of thiocarbonyl (C=S) groups is 1. The van der Waals surface area contributed by atoms with E-state index in [1.54, 1.807) is 12.1 Å². The molecule has 0 saturated heterocycles. The Bertz CT molecular complexity index is 575. The van der Waals surface area contributed by atoms with Crippen LogP contribution < -0.4 is 15.4 Å². The number of nitrogens with one attached hydrogen (secondary N) is 2. The molecular weight excluding hydrogens is 263 g/mol. The summed E-state index contributed by atoms with van der Waals surface area (Å²) in [5.74, 6) is -0.234. The predicted octanol–water partition coefficient (Wildman–Crippen LogP) is 3.64. The molecule has 0 fully saturated rings. The third-order valence-corrected chi connectivity index (χ3v) is 2.65. The molecule has 0 aliphatic carbocycles. The Kier molecular flexibility index (Phi) is 4.30. The standard InChI is InChI=1S/C14H13FN2OS/c1-18-13-8-7-11(9-12(13)15)17-14(19)16-10-5-3-2-4-6-10/h2-9H,1H3,(H2,16,17,19). The van der Waals surface area contributed by atoms with E-state index in [-0.39, 0.29) is 5.75 Å². The van der Waals surface area contributed by atoms with Gasteiger partial charge in [-0.05, 0) is 36.5 Å². The maximum atomic E-state index is 13.5. The zero-order chi connectivity index (χ0) is 13.7. The van der Waals surface area contributed by atoms with E-state index in [1.165, 1.54) is 13.2 Å². The van der Waals surface area contributed by atoms with Gasteiger partial charge in [0.05, 0.1) is 7.11 Å². The molecule has 2 rings (SSSR count). The largest absolute Gasteiger partial charge is 0.494 e. The maximum absolute atomic E-state index is 13.5. The van der Waals surface area contributed by atoms with E-state index in [2.05, 4.69) is 10.6 Å². The summed E-state index contributed by atoms with van der Waals surface area (Å²) < 4.78 is 18.3. The summed E-state index contributed by atoms with van der Waals surface area (Å²) >= 11 is 5.15. The number of hydrogen-bond donors (Lipinski definition) is 2. The van der Waals surface area contributed by atoms with Crippen molar-refractivity contribution in [2.45, 2.75) is 0 Å². The van der Waals surface area contributed by atoms with E-state index >= 15 is 0 Å². The summed E-state index contributed by atoms with van der Waals surface area (Å²) in [6.07, 6.45) is 0. The van der Waals surface area contributed by atoms with Gasteiger partial charge in [0.25, 0.3) is 0 Å². The fraction of sp³-hybridized carbons (Fsp3) is 0.0714. The normalized spacial score (nSPS) is 9.79. The van der Waals surface area contributed by atoms with Crippen molar-refractivity contribution in [1.29, 1.82) is 0 Å². The van der Waals surface area contributed by atoms with Gasteiger partial charge in [-0.25, -0.2) is 4.39 Å². The monoisotopic (exact) mass is 276 g/mol. The van der Waals surface area contributed by atoms with Gasteiger partial charge in [-0.15, -0.1) is 0 Å². The lowest BCUT2D eigenvalue weighted by molar-refractivity contribution is 0.387. The van der Waals surface area contributed by atoms with Gasteiger partial charge in [-0.1, -0.05) is 18.2 Å². The molecule has 0 saturated carbocycles. The molecule has 0 amide bonds. The Morgan fingerprint density at radius 3 is 2.37 bits per heavy atom. The highest BCUT2D eigenvalue weighted by Gasteiger charge is 2.04. The smallest absolute Gasteiger partial charge is 0.175 e. The summed E-state index contributed by atoms with van der Waals surface area (Å²) in [5.41, 5.74) is 1.43. The van der Waals surface area contributed by atoms with E-state index in [1.807, 2.05) is 30.3 Å². The Labute approximate surface area is 116 Å². The average molecular weight is 276 g/mol. The van der Waals surface area contributed by atoms with Crippen LogP contribution in [-0.4, -0.2) is 12.2 Å². The van der Waals surface area contributed by atoms with Crippen LogP contribution in [0.2, 0.25) is 0 Å². The van der Waals surface area contributed by atoms with Crippen molar-refractivity contribution in [1.82, 2.24) is 0 Å². The number of halogens is 1. The first-order valence-corrected chi connectivity index (χ1v) is 6.06. The Morgan fingerprint density at radius 1 is 1.05 bits per heavy atom. The van der Waals surface area contributed by atoms with Gasteiger partial charge in [-0.2, -0.15) is 0 Å². The van der Waals surface area contributed by atoms with Gasteiger partial charge in [-0.3, -0.25) is 0 Å². The average Bonchev–Trinajstić information content (AvgIpc) is 2.40. The molecule has 98 valence electrons. The molecule has 0 aliphatic heterocycles. The van der Waals surface area contributed by atoms with Gasteiger partial charge in [0.15, 0.2) is 16.7 Å². The highest BCUT2D eigenvalue weighted by atomic mass is 32.1. The number of anilines is 2. The molecule has 0 unspecified atom stereocenters. The van der Waals surface area contributed by atoms with Crippen molar-refractivity contribution in [3.8, 4) is 5.75 Å². The molecule has 0 radical (unpaired) electrons. The first kappa shape index (κ1) is 13.3. The number of ether oxygens (including phenoxy) is 1. The van der Waals surface area contributed by atoms with Gasteiger partial charge >= 0.3 is 0 Å². The van der Waals surface area contributed by atoms with Crippen molar-refractivity contribution in [2.75, 3.05) is 17.7 Å². The zero-order valence-electron chi connectivity index (χ0n) is 10.3. The van der Waals surface area contributed by atoms with Crippen LogP contribution in [0.4, 0.5) is 15.8 Å². The summed E-state index contributed by atoms with van der Waals surface area (Å²) in [5, 5.41) is 6.31. The summed E-state index contributed by atoms with van der Waals surface area (Å²) in [4.78, 5) is 0. The van der Waals surface area contributed by atoms with Crippen molar-refractivity contribution >= 4 is 28.7 Å². The third-order valence-electron chi connectivity index (χ3n) is 2.44. The van der Waals surface area contributed by atoms with Crippen molar-refractivity contribution in [2.24, 2.45) is 0 Å². The number of hydrogen-bond acceptors (Lipinski definition) is 2. The minimum absolute atomic E-state index is 0.201. The molecule has 0 aliphatic rings. The van der Waals surface area contributed by atoms with Crippen molar-refractivity contribution in [3.63, 3.8) is 0 Å². The van der Waals surface area contributed by atoms with Crippen LogP contribution in [0.5, 0.6) is 5.75 Å². The van der Waals surface area contributed by atoms with Crippen LogP contribution in [0.3, 0.4) is 0 Å². The Hall–Kier alpha value is -2.14. The van der Waals surface area contributed by atoms with E-state index in [9.17, 15) is 4.39 Å². The number of benzene rings is 2.